The summed E-state index contributed by atoms with van der Waals surface area (Å²) in [6, 6.07) is 18.4. The van der Waals surface area contributed by atoms with Gasteiger partial charge in [0.2, 0.25) is 0 Å². The maximum atomic E-state index is 12.7. The molecule has 0 unspecified atom stereocenters. The van der Waals surface area contributed by atoms with E-state index >= 15 is 0 Å². The average molecular weight is 557 g/mol. The van der Waals surface area contributed by atoms with Crippen LogP contribution in [0.1, 0.15) is 51.3 Å². The molecule has 3 aromatic carbocycles. The molecule has 212 valence electrons. The molecule has 0 bridgehead atoms. The minimum absolute atomic E-state index is 0.221. The van der Waals surface area contributed by atoms with Crippen molar-refractivity contribution in [2.75, 3.05) is 13.2 Å². The van der Waals surface area contributed by atoms with Crippen molar-refractivity contribution in [3.05, 3.63) is 119 Å². The normalized spacial score (nSPS) is 10.3. The van der Waals surface area contributed by atoms with Gasteiger partial charge >= 0.3 is 23.9 Å². The Morgan fingerprint density at radius 2 is 1.07 bits per heavy atom. The third kappa shape index (κ3) is 9.32. The van der Waals surface area contributed by atoms with Crippen LogP contribution in [0.3, 0.4) is 0 Å². The molecule has 0 aliphatic heterocycles. The largest absolute Gasteiger partial charge is 0.462 e. The summed E-state index contributed by atoms with van der Waals surface area (Å²) in [5.74, 6) is -1.28. The molecule has 0 radical (unpaired) electrons. The third-order valence-corrected chi connectivity index (χ3v) is 5.89. The molecule has 0 heterocycles. The van der Waals surface area contributed by atoms with Crippen molar-refractivity contribution in [3.8, 4) is 11.5 Å². The third-order valence-electron chi connectivity index (χ3n) is 5.89. The predicted octanol–water partition coefficient (Wildman–Crippen LogP) is 5.76. The maximum absolute atomic E-state index is 12.7. The molecule has 0 aliphatic carbocycles. The lowest BCUT2D eigenvalue weighted by atomic mass is 10.1. The van der Waals surface area contributed by atoms with E-state index in [9.17, 15) is 19.2 Å². The van der Waals surface area contributed by atoms with E-state index in [-0.39, 0.29) is 18.8 Å². The highest BCUT2D eigenvalue weighted by atomic mass is 16.5. The lowest BCUT2D eigenvalue weighted by Crippen LogP contribution is -2.13. The van der Waals surface area contributed by atoms with Crippen LogP contribution in [0, 0.1) is 6.92 Å². The standard InChI is InChI=1S/C33H32O8/c1-21(2)30(34)38-18-16-24-6-11-27(12-7-24)40-32(36)26-10-15-29(23(5)20-26)33(37)41-28-13-8-25(9-14-28)17-19-39-31(35)22(3)4/h6-15,20H,1,3,16-19H2,2,4-5H3. The van der Waals surface area contributed by atoms with Crippen molar-refractivity contribution < 1.29 is 38.1 Å². The zero-order chi connectivity index (χ0) is 29.9. The Kier molecular flexibility index (Phi) is 10.7. The topological polar surface area (TPSA) is 105 Å². The molecule has 3 rings (SSSR count). The van der Waals surface area contributed by atoms with E-state index in [0.29, 0.717) is 46.6 Å². The minimum atomic E-state index is -0.569. The van der Waals surface area contributed by atoms with E-state index in [1.807, 2.05) is 0 Å². The van der Waals surface area contributed by atoms with Gasteiger partial charge in [-0.1, -0.05) is 37.4 Å². The van der Waals surface area contributed by atoms with Gasteiger partial charge < -0.3 is 18.9 Å². The van der Waals surface area contributed by atoms with Gasteiger partial charge in [-0.2, -0.15) is 0 Å². The molecule has 8 heteroatoms. The molecule has 0 amide bonds. The molecule has 0 fully saturated rings. The highest BCUT2D eigenvalue weighted by Crippen LogP contribution is 2.20. The van der Waals surface area contributed by atoms with Crippen LogP contribution < -0.4 is 9.47 Å². The molecule has 0 spiro atoms. The summed E-state index contributed by atoms with van der Waals surface area (Å²) >= 11 is 0. The molecule has 8 nitrogen and oxygen atoms in total. The summed E-state index contributed by atoms with van der Waals surface area (Å²) in [4.78, 5) is 48.3. The number of ether oxygens (including phenoxy) is 4. The van der Waals surface area contributed by atoms with Crippen LogP contribution in [-0.2, 0) is 31.9 Å². The molecule has 41 heavy (non-hydrogen) atoms. The Morgan fingerprint density at radius 1 is 0.634 bits per heavy atom. The Bertz CT molecular complexity index is 1450. The SMILES string of the molecule is C=C(C)C(=O)OCCc1ccc(OC(=O)c2ccc(C(=O)Oc3ccc(CCOC(=O)C(=C)C)cc3)c(C)c2)cc1. The monoisotopic (exact) mass is 556 g/mol. The van der Waals surface area contributed by atoms with Gasteiger partial charge in [-0.05, 0) is 79.9 Å². The number of hydrogen-bond donors (Lipinski definition) is 0. The van der Waals surface area contributed by atoms with Gasteiger partial charge in [-0.25, -0.2) is 19.2 Å². The molecule has 0 saturated heterocycles. The van der Waals surface area contributed by atoms with E-state index < -0.39 is 23.9 Å². The van der Waals surface area contributed by atoms with E-state index in [1.165, 1.54) is 12.1 Å². The van der Waals surface area contributed by atoms with Gasteiger partial charge in [0.25, 0.3) is 0 Å². The molecular formula is C33H32O8. The Balaban J connectivity index is 1.52. The van der Waals surface area contributed by atoms with Crippen LogP contribution in [-0.4, -0.2) is 37.1 Å². The van der Waals surface area contributed by atoms with Gasteiger partial charge in [0, 0.05) is 24.0 Å². The summed E-state index contributed by atoms with van der Waals surface area (Å²) in [6.07, 6.45) is 1.03. The number of carbonyl (C=O) groups excluding carboxylic acids is 4. The van der Waals surface area contributed by atoms with E-state index in [1.54, 1.807) is 75.4 Å². The highest BCUT2D eigenvalue weighted by Gasteiger charge is 2.16. The molecule has 0 aliphatic rings. The van der Waals surface area contributed by atoms with E-state index in [4.69, 9.17) is 18.9 Å². The Morgan fingerprint density at radius 3 is 1.49 bits per heavy atom. The number of benzene rings is 3. The molecule has 3 aromatic rings. The van der Waals surface area contributed by atoms with Crippen molar-refractivity contribution >= 4 is 23.9 Å². The second-order valence-electron chi connectivity index (χ2n) is 9.43. The van der Waals surface area contributed by atoms with E-state index in [0.717, 1.165) is 11.1 Å². The summed E-state index contributed by atoms with van der Waals surface area (Å²) < 4.78 is 21.1. The number of rotatable bonds is 12. The fraction of sp³-hybridized carbons (Fsp3) is 0.212. The van der Waals surface area contributed by atoms with Crippen LogP contribution in [0.4, 0.5) is 0 Å². The quantitative estimate of drug-likeness (QED) is 0.158. The Labute approximate surface area is 239 Å². The summed E-state index contributed by atoms with van der Waals surface area (Å²) in [6.45, 7) is 12.4. The first kappa shape index (κ1) is 30.6. The zero-order valence-electron chi connectivity index (χ0n) is 23.4. The predicted molar refractivity (Wildman–Crippen MR) is 153 cm³/mol. The summed E-state index contributed by atoms with van der Waals surface area (Å²) in [7, 11) is 0. The fourth-order valence-corrected chi connectivity index (χ4v) is 3.57. The summed E-state index contributed by atoms with van der Waals surface area (Å²) in [5, 5.41) is 0. The number of esters is 4. The van der Waals surface area contributed by atoms with Crippen LogP contribution in [0.25, 0.3) is 0 Å². The second kappa shape index (κ2) is 14.4. The van der Waals surface area contributed by atoms with Crippen molar-refractivity contribution in [1.82, 2.24) is 0 Å². The van der Waals surface area contributed by atoms with E-state index in [2.05, 4.69) is 13.2 Å². The molecule has 0 saturated carbocycles. The number of aryl methyl sites for hydroxylation is 1. The lowest BCUT2D eigenvalue weighted by Gasteiger charge is -2.10. The van der Waals surface area contributed by atoms with Gasteiger partial charge in [0.15, 0.2) is 0 Å². The second-order valence-corrected chi connectivity index (χ2v) is 9.43. The summed E-state index contributed by atoms with van der Waals surface area (Å²) in [5.41, 5.74) is 3.67. The number of hydrogen-bond acceptors (Lipinski definition) is 8. The van der Waals surface area contributed by atoms with Crippen molar-refractivity contribution in [1.29, 1.82) is 0 Å². The van der Waals surface area contributed by atoms with Crippen molar-refractivity contribution in [3.63, 3.8) is 0 Å². The minimum Gasteiger partial charge on any atom is -0.462 e. The lowest BCUT2D eigenvalue weighted by molar-refractivity contribution is -0.139. The first-order valence-corrected chi connectivity index (χ1v) is 12.9. The first-order chi connectivity index (χ1) is 19.5. The average Bonchev–Trinajstić information content (AvgIpc) is 2.94. The van der Waals surface area contributed by atoms with Crippen LogP contribution >= 0.6 is 0 Å². The van der Waals surface area contributed by atoms with Crippen LogP contribution in [0.15, 0.2) is 91.0 Å². The zero-order valence-corrected chi connectivity index (χ0v) is 23.4. The maximum Gasteiger partial charge on any atom is 0.343 e. The molecule has 0 aromatic heterocycles. The fourth-order valence-electron chi connectivity index (χ4n) is 3.57. The molecular weight excluding hydrogens is 524 g/mol. The van der Waals surface area contributed by atoms with Crippen molar-refractivity contribution in [2.45, 2.75) is 33.6 Å². The van der Waals surface area contributed by atoms with Gasteiger partial charge in [-0.15, -0.1) is 0 Å². The van der Waals surface area contributed by atoms with Crippen LogP contribution in [0.5, 0.6) is 11.5 Å². The van der Waals surface area contributed by atoms with Gasteiger partial charge in [0.1, 0.15) is 11.5 Å². The molecule has 0 N–H and O–H groups in total. The molecule has 0 atom stereocenters. The van der Waals surface area contributed by atoms with Gasteiger partial charge in [-0.3, -0.25) is 0 Å². The highest BCUT2D eigenvalue weighted by molar-refractivity contribution is 5.96. The Hall–Kier alpha value is -4.98. The van der Waals surface area contributed by atoms with Crippen molar-refractivity contribution in [2.24, 2.45) is 0 Å². The van der Waals surface area contributed by atoms with Crippen LogP contribution in [0.2, 0.25) is 0 Å². The number of carbonyl (C=O) groups is 4. The smallest absolute Gasteiger partial charge is 0.343 e. The van der Waals surface area contributed by atoms with Gasteiger partial charge in [0.05, 0.1) is 24.3 Å². The first-order valence-electron chi connectivity index (χ1n) is 12.9.